The zero-order valence-corrected chi connectivity index (χ0v) is 19.0. The van der Waals surface area contributed by atoms with Crippen LogP contribution in [0.4, 0.5) is 32.7 Å². The predicted octanol–water partition coefficient (Wildman–Crippen LogP) is 3.66. The molecular weight excluding hydrogens is 449 g/mol. The highest BCUT2D eigenvalue weighted by atomic mass is 32.2. The Bertz CT molecular complexity index is 1020. The minimum atomic E-state index is -0.570. The lowest BCUT2D eigenvalue weighted by atomic mass is 10.1. The molecule has 1 aromatic carbocycles. The molecule has 1 atom stereocenters. The van der Waals surface area contributed by atoms with Gasteiger partial charge in [0.05, 0.1) is 7.11 Å². The number of nitrogens with one attached hydrogen (secondary N) is 4. The van der Waals surface area contributed by atoms with E-state index in [4.69, 9.17) is 4.74 Å². The van der Waals surface area contributed by atoms with Crippen molar-refractivity contribution in [2.24, 2.45) is 0 Å². The van der Waals surface area contributed by atoms with Crippen LogP contribution in [0.3, 0.4) is 0 Å². The molecule has 10 nitrogen and oxygen atoms in total. The molecule has 2 aromatic rings. The molecule has 12 heteroatoms. The minimum Gasteiger partial charge on any atom is -0.494 e. The first kappa shape index (κ1) is 23.0. The number of amides is 2. The topological polar surface area (TPSA) is 130 Å². The van der Waals surface area contributed by atoms with E-state index in [9.17, 15) is 14.0 Å². The van der Waals surface area contributed by atoms with Crippen molar-refractivity contribution in [3.8, 4) is 5.75 Å². The number of rotatable bonds is 8. The van der Waals surface area contributed by atoms with Crippen LogP contribution in [0.2, 0.25) is 0 Å². The van der Waals surface area contributed by atoms with Crippen molar-refractivity contribution < 1.29 is 18.7 Å². The molecule has 1 saturated heterocycles. The molecule has 0 radical (unpaired) electrons. The second-order valence-electron chi connectivity index (χ2n) is 7.88. The van der Waals surface area contributed by atoms with Crippen LogP contribution in [0.1, 0.15) is 38.5 Å². The summed E-state index contributed by atoms with van der Waals surface area (Å²) in [5, 5.41) is 10.7. The molecule has 2 fully saturated rings. The molecule has 4 rings (SSSR count). The maximum Gasteiger partial charge on any atom is 0.286 e. The minimum absolute atomic E-state index is 0.135. The fourth-order valence-corrected chi connectivity index (χ4v) is 4.52. The number of nitrogens with zero attached hydrogens (tertiary/aromatic N) is 3. The van der Waals surface area contributed by atoms with Crippen LogP contribution >= 0.6 is 11.8 Å². The third-order valence-corrected chi connectivity index (χ3v) is 6.43. The van der Waals surface area contributed by atoms with Crippen LogP contribution in [0.5, 0.6) is 5.75 Å². The molecule has 2 aliphatic rings. The maximum atomic E-state index is 14.1. The van der Waals surface area contributed by atoms with E-state index in [1.165, 1.54) is 32.1 Å². The van der Waals surface area contributed by atoms with E-state index in [0.717, 1.165) is 37.4 Å². The fourth-order valence-electron chi connectivity index (χ4n) is 3.77. The monoisotopic (exact) mass is 475 g/mol. The number of halogens is 1. The number of ether oxygens (including phenoxy) is 1. The first-order valence-electron chi connectivity index (χ1n) is 10.9. The number of thioether (sulfide) groups is 1. The second-order valence-corrected chi connectivity index (χ2v) is 9.05. The van der Waals surface area contributed by atoms with Gasteiger partial charge in [-0.25, -0.2) is 4.39 Å². The lowest BCUT2D eigenvalue weighted by Crippen LogP contribution is -2.29. The van der Waals surface area contributed by atoms with Crippen LogP contribution < -0.4 is 26.0 Å². The first-order chi connectivity index (χ1) is 16.0. The lowest BCUT2D eigenvalue weighted by molar-refractivity contribution is -0.118. The molecule has 2 heterocycles. The van der Waals surface area contributed by atoms with Crippen molar-refractivity contribution in [3.05, 3.63) is 24.0 Å². The Morgan fingerprint density at radius 1 is 1.09 bits per heavy atom. The average Bonchev–Trinajstić information content (AvgIpc) is 2.95. The van der Waals surface area contributed by atoms with Crippen LogP contribution in [0.15, 0.2) is 18.2 Å². The van der Waals surface area contributed by atoms with Gasteiger partial charge in [-0.3, -0.25) is 14.9 Å². The smallest absolute Gasteiger partial charge is 0.286 e. The van der Waals surface area contributed by atoms with Crippen molar-refractivity contribution in [1.29, 1.82) is 0 Å². The third-order valence-electron chi connectivity index (χ3n) is 5.44. The molecular formula is C21H26FN7O3S. The lowest BCUT2D eigenvalue weighted by Gasteiger charge is -2.18. The van der Waals surface area contributed by atoms with E-state index in [1.54, 1.807) is 6.07 Å². The van der Waals surface area contributed by atoms with Gasteiger partial charge >= 0.3 is 0 Å². The molecule has 0 bridgehead atoms. The first-order valence-corrected chi connectivity index (χ1v) is 11.8. The molecule has 0 spiro atoms. The Balaban J connectivity index is 1.53. The van der Waals surface area contributed by atoms with E-state index in [2.05, 4.69) is 36.2 Å². The number of carbonyl (C=O) groups excluding carboxylic acids is 2. The van der Waals surface area contributed by atoms with E-state index < -0.39 is 11.1 Å². The Morgan fingerprint density at radius 3 is 2.48 bits per heavy atom. The zero-order chi connectivity index (χ0) is 23.2. The van der Waals surface area contributed by atoms with Crippen molar-refractivity contribution in [2.45, 2.75) is 49.8 Å². The van der Waals surface area contributed by atoms with Crippen molar-refractivity contribution in [3.63, 3.8) is 0 Å². The Labute approximate surface area is 194 Å². The van der Waals surface area contributed by atoms with E-state index in [0.29, 0.717) is 11.6 Å². The average molecular weight is 476 g/mol. The Morgan fingerprint density at radius 2 is 1.82 bits per heavy atom. The number of benzene rings is 1. The number of carbonyl (C=O) groups is 2. The van der Waals surface area contributed by atoms with Gasteiger partial charge in [-0.2, -0.15) is 15.0 Å². The second kappa shape index (κ2) is 10.6. The quantitative estimate of drug-likeness (QED) is 0.420. The van der Waals surface area contributed by atoms with Gasteiger partial charge in [0.25, 0.3) is 5.24 Å². The highest BCUT2D eigenvalue weighted by Gasteiger charge is 2.31. The van der Waals surface area contributed by atoms with Crippen LogP contribution in [0.25, 0.3) is 0 Å². The summed E-state index contributed by atoms with van der Waals surface area (Å²) in [5.41, 5.74) is 0.446. The number of hydrogen-bond donors (Lipinski definition) is 4. The molecule has 2 amide bonds. The Hall–Kier alpha value is -3.15. The molecule has 1 aromatic heterocycles. The summed E-state index contributed by atoms with van der Waals surface area (Å²) in [6.45, 7) is 0.172. The van der Waals surface area contributed by atoms with Gasteiger partial charge in [0, 0.05) is 24.3 Å². The van der Waals surface area contributed by atoms with Gasteiger partial charge in [0.2, 0.25) is 23.8 Å². The molecule has 1 aliphatic heterocycles. The van der Waals surface area contributed by atoms with Crippen molar-refractivity contribution in [2.75, 3.05) is 29.6 Å². The number of anilines is 4. The van der Waals surface area contributed by atoms with Crippen LogP contribution in [-0.4, -0.2) is 51.0 Å². The van der Waals surface area contributed by atoms with E-state index in [1.807, 2.05) is 0 Å². The number of imide groups is 1. The SMILES string of the molecule is COc1ccc(Nc2nc(NCC3SC(=O)NC3=O)nc(NC3CCCCCC3)n2)cc1F. The summed E-state index contributed by atoms with van der Waals surface area (Å²) < 4.78 is 19.1. The van der Waals surface area contributed by atoms with Gasteiger partial charge in [0.1, 0.15) is 5.25 Å². The van der Waals surface area contributed by atoms with E-state index in [-0.39, 0.29) is 41.4 Å². The molecule has 1 unspecified atom stereocenters. The molecule has 4 N–H and O–H groups in total. The van der Waals surface area contributed by atoms with Gasteiger partial charge in [-0.05, 0) is 36.7 Å². The van der Waals surface area contributed by atoms with Crippen LogP contribution in [-0.2, 0) is 4.79 Å². The molecule has 1 aliphatic carbocycles. The maximum absolute atomic E-state index is 14.1. The van der Waals surface area contributed by atoms with E-state index >= 15 is 0 Å². The summed E-state index contributed by atoms with van der Waals surface area (Å²) in [5.74, 6) is 0.112. The standard InChI is InChI=1S/C21H26FN7O3S/c1-32-15-9-8-13(10-14(15)22)25-20-28-18(23-11-16-17(30)26-21(31)33-16)27-19(29-20)24-12-6-4-2-3-5-7-12/h8-10,12,16H,2-7,11H2,1H3,(H,26,30,31)(H3,23,24,25,27,28,29). The Kier molecular flexibility index (Phi) is 7.43. The third kappa shape index (κ3) is 6.21. The van der Waals surface area contributed by atoms with Gasteiger partial charge in [-0.15, -0.1) is 0 Å². The summed E-state index contributed by atoms with van der Waals surface area (Å²) in [6, 6.07) is 4.71. The van der Waals surface area contributed by atoms with Gasteiger partial charge in [0.15, 0.2) is 11.6 Å². The summed E-state index contributed by atoms with van der Waals surface area (Å²) >= 11 is 0.922. The van der Waals surface area contributed by atoms with Crippen LogP contribution in [0, 0.1) is 5.82 Å². The van der Waals surface area contributed by atoms with Crippen molar-refractivity contribution >= 4 is 46.4 Å². The molecule has 33 heavy (non-hydrogen) atoms. The highest BCUT2D eigenvalue weighted by Crippen LogP contribution is 2.25. The largest absolute Gasteiger partial charge is 0.494 e. The normalized spacial score (nSPS) is 19.0. The number of hydrogen-bond acceptors (Lipinski definition) is 10. The number of methoxy groups -OCH3 is 1. The van der Waals surface area contributed by atoms with Gasteiger partial charge in [-0.1, -0.05) is 25.7 Å². The van der Waals surface area contributed by atoms with Crippen molar-refractivity contribution in [1.82, 2.24) is 20.3 Å². The van der Waals surface area contributed by atoms with Gasteiger partial charge < -0.3 is 20.7 Å². The number of aromatic nitrogens is 3. The molecule has 1 saturated carbocycles. The predicted molar refractivity (Wildman–Crippen MR) is 125 cm³/mol. The zero-order valence-electron chi connectivity index (χ0n) is 18.2. The summed E-state index contributed by atoms with van der Waals surface area (Å²) in [7, 11) is 1.40. The fraction of sp³-hybridized carbons (Fsp3) is 0.476. The summed E-state index contributed by atoms with van der Waals surface area (Å²) in [4.78, 5) is 36.5. The summed E-state index contributed by atoms with van der Waals surface area (Å²) in [6.07, 6.45) is 6.79. The molecule has 176 valence electrons. The highest BCUT2D eigenvalue weighted by molar-refractivity contribution is 8.15.